The van der Waals surface area contributed by atoms with Crippen LogP contribution in [0.4, 0.5) is 8.78 Å². The first-order chi connectivity index (χ1) is 11.2. The van der Waals surface area contributed by atoms with Gasteiger partial charge in [0.25, 0.3) is 0 Å². The second-order valence-electron chi connectivity index (χ2n) is 3.58. The van der Waals surface area contributed by atoms with Crippen LogP contribution in [0.25, 0.3) is 10.9 Å². The molecule has 0 amide bonds. The second kappa shape index (κ2) is 4.59. The molecule has 3 rings (SSSR count). The number of hydrogen-bond acceptors (Lipinski definition) is 2. The maximum absolute atomic E-state index is 14.3. The van der Waals surface area contributed by atoms with Crippen LogP contribution >= 0.6 is 11.6 Å². The molecule has 1 aromatic carbocycles. The Morgan fingerprint density at radius 3 is 2.84 bits per heavy atom. The van der Waals surface area contributed by atoms with E-state index < -0.39 is 41.8 Å². The van der Waals surface area contributed by atoms with Gasteiger partial charge >= 0.3 is 0 Å². The van der Waals surface area contributed by atoms with Gasteiger partial charge in [-0.3, -0.25) is 4.68 Å². The molecule has 19 heavy (non-hydrogen) atoms. The molecule has 3 nitrogen and oxygen atoms in total. The first kappa shape index (κ1) is 7.55. The molecule has 6 heteroatoms. The fourth-order valence-corrected chi connectivity index (χ4v) is 1.78. The third-order valence-electron chi connectivity index (χ3n) is 2.45. The predicted molar refractivity (Wildman–Crippen MR) is 68.0 cm³/mol. The van der Waals surface area contributed by atoms with E-state index in [2.05, 4.69) is 10.1 Å². The Kier molecular flexibility index (Phi) is 1.82. The van der Waals surface area contributed by atoms with Crippen LogP contribution in [0.1, 0.15) is 12.4 Å². The Hall–Kier alpha value is -2.01. The summed E-state index contributed by atoms with van der Waals surface area (Å²) in [6, 6.07) is -1.71. The monoisotopic (exact) mass is 284 g/mol. The van der Waals surface area contributed by atoms with Crippen LogP contribution < -0.4 is 0 Å². The van der Waals surface area contributed by atoms with Gasteiger partial charge in [0.2, 0.25) is 0 Å². The highest BCUT2D eigenvalue weighted by molar-refractivity contribution is 6.34. The molecule has 0 unspecified atom stereocenters. The van der Waals surface area contributed by atoms with Crippen molar-refractivity contribution in [2.24, 2.45) is 0 Å². The van der Waals surface area contributed by atoms with Gasteiger partial charge in [0.1, 0.15) is 16.8 Å². The molecule has 0 fully saturated rings. The zero-order valence-electron chi connectivity index (χ0n) is 14.2. The number of fused-ring (bicyclic) bond motifs is 1. The average molecular weight is 285 g/mol. The molecule has 2 heterocycles. The smallest absolute Gasteiger partial charge is 0.139 e. The van der Waals surface area contributed by atoms with Gasteiger partial charge in [0, 0.05) is 11.8 Å². The molecule has 0 saturated carbocycles. The third kappa shape index (κ3) is 2.06. The van der Waals surface area contributed by atoms with Crippen LogP contribution in [-0.2, 0) is 6.50 Å². The standard InChI is InChI=1S/C13H8ClF2N3/c14-13-8-6-18-19(12(8)4-5-17-13)7-9-10(15)2-1-3-11(9)16/h1-6H,7H2/i1D,2D,3D,7D2. The molecule has 0 bridgehead atoms. The summed E-state index contributed by atoms with van der Waals surface area (Å²) in [6.07, 6.45) is 2.48. The maximum Gasteiger partial charge on any atom is 0.139 e. The Balaban J connectivity index is 2.34. The molecule has 0 radical (unpaired) electrons. The van der Waals surface area contributed by atoms with Crippen LogP contribution in [0.2, 0.25) is 5.15 Å². The minimum atomic E-state index is -2.86. The minimum absolute atomic E-state index is 0.0411. The molecule has 0 atom stereocenters. The van der Waals surface area contributed by atoms with Crippen LogP contribution in [-0.4, -0.2) is 14.8 Å². The van der Waals surface area contributed by atoms with Gasteiger partial charge in [-0.2, -0.15) is 5.10 Å². The van der Waals surface area contributed by atoms with E-state index in [4.69, 9.17) is 18.5 Å². The van der Waals surface area contributed by atoms with Crippen molar-refractivity contribution in [3.05, 3.63) is 58.9 Å². The lowest BCUT2D eigenvalue weighted by Gasteiger charge is -2.06. The van der Waals surface area contributed by atoms with Gasteiger partial charge in [0.05, 0.1) is 30.5 Å². The lowest BCUT2D eigenvalue weighted by atomic mass is 10.2. The SMILES string of the molecule is [2H]c1c([2H])c(F)c(C([2H])([2H])n2ncc3c(Cl)nccc32)c(F)c1[2H]. The summed E-state index contributed by atoms with van der Waals surface area (Å²) < 4.78 is 67.8. The molecular weight excluding hydrogens is 272 g/mol. The zero-order valence-corrected chi connectivity index (χ0v) is 9.96. The topological polar surface area (TPSA) is 30.7 Å². The number of rotatable bonds is 2. The Bertz CT molecular complexity index is 947. The van der Waals surface area contributed by atoms with E-state index in [9.17, 15) is 8.78 Å². The Morgan fingerprint density at radius 2 is 2.11 bits per heavy atom. The van der Waals surface area contributed by atoms with Crippen LogP contribution in [0.15, 0.2) is 36.6 Å². The van der Waals surface area contributed by atoms with Crippen LogP contribution in [0.5, 0.6) is 0 Å². The number of hydrogen-bond donors (Lipinski definition) is 0. The summed E-state index contributed by atoms with van der Waals surface area (Å²) in [7, 11) is 0. The highest BCUT2D eigenvalue weighted by Gasteiger charge is 2.12. The predicted octanol–water partition coefficient (Wildman–Crippen LogP) is 3.41. The van der Waals surface area contributed by atoms with Gasteiger partial charge < -0.3 is 0 Å². The van der Waals surface area contributed by atoms with Gasteiger partial charge in [-0.15, -0.1) is 0 Å². The fraction of sp³-hybridized carbons (Fsp3) is 0.0769. The van der Waals surface area contributed by atoms with E-state index in [1.165, 1.54) is 18.5 Å². The minimum Gasteiger partial charge on any atom is -0.260 e. The quantitative estimate of drug-likeness (QED) is 0.675. The highest BCUT2D eigenvalue weighted by Crippen LogP contribution is 2.22. The molecule has 0 aliphatic rings. The molecule has 0 aliphatic carbocycles. The lowest BCUT2D eigenvalue weighted by molar-refractivity contribution is 0.537. The van der Waals surface area contributed by atoms with Crippen molar-refractivity contribution in [1.82, 2.24) is 14.8 Å². The summed E-state index contributed by atoms with van der Waals surface area (Å²) in [5, 5.41) is 4.10. The fourth-order valence-electron chi connectivity index (χ4n) is 1.58. The largest absolute Gasteiger partial charge is 0.260 e. The van der Waals surface area contributed by atoms with E-state index in [0.717, 1.165) is 0 Å². The number of aromatic nitrogens is 3. The van der Waals surface area contributed by atoms with Crippen molar-refractivity contribution in [2.45, 2.75) is 6.50 Å². The van der Waals surface area contributed by atoms with E-state index in [0.29, 0.717) is 4.68 Å². The van der Waals surface area contributed by atoms with Crippen molar-refractivity contribution < 1.29 is 15.6 Å². The maximum atomic E-state index is 14.3. The van der Waals surface area contributed by atoms with Crippen molar-refractivity contribution in [2.75, 3.05) is 0 Å². The number of benzene rings is 1. The van der Waals surface area contributed by atoms with Crippen molar-refractivity contribution in [3.63, 3.8) is 0 Å². The van der Waals surface area contributed by atoms with Gasteiger partial charge in [-0.25, -0.2) is 13.8 Å². The normalized spacial score (nSPS) is 15.6. The van der Waals surface area contributed by atoms with Gasteiger partial charge in [0.15, 0.2) is 0 Å². The van der Waals surface area contributed by atoms with Crippen molar-refractivity contribution in [1.29, 1.82) is 0 Å². The average Bonchev–Trinajstić information content (AvgIpc) is 2.97. The first-order valence-electron chi connectivity index (χ1n) is 7.61. The zero-order chi connectivity index (χ0) is 17.8. The molecule has 0 N–H and O–H groups in total. The van der Waals surface area contributed by atoms with Crippen molar-refractivity contribution >= 4 is 22.5 Å². The molecule has 2 aromatic heterocycles. The summed E-state index contributed by atoms with van der Waals surface area (Å²) >= 11 is 5.88. The van der Waals surface area contributed by atoms with Gasteiger partial charge in [-0.05, 0) is 18.2 Å². The Labute approximate surface area is 119 Å². The van der Waals surface area contributed by atoms with E-state index in [-0.39, 0.29) is 16.1 Å². The summed E-state index contributed by atoms with van der Waals surface area (Å²) in [5.41, 5.74) is -1.03. The summed E-state index contributed by atoms with van der Waals surface area (Å²) in [4.78, 5) is 3.81. The lowest BCUT2D eigenvalue weighted by Crippen LogP contribution is -2.05. The number of nitrogens with zero attached hydrogens (tertiary/aromatic N) is 3. The number of pyridine rings is 1. The molecule has 0 saturated heterocycles. The van der Waals surface area contributed by atoms with Crippen LogP contribution in [0, 0.1) is 11.6 Å². The van der Waals surface area contributed by atoms with E-state index >= 15 is 0 Å². The van der Waals surface area contributed by atoms with Crippen LogP contribution in [0.3, 0.4) is 0 Å². The van der Waals surface area contributed by atoms with Gasteiger partial charge in [-0.1, -0.05) is 17.6 Å². The first-order valence-corrected chi connectivity index (χ1v) is 5.49. The third-order valence-corrected chi connectivity index (χ3v) is 2.75. The highest BCUT2D eigenvalue weighted by atomic mass is 35.5. The number of halogens is 3. The van der Waals surface area contributed by atoms with Crippen molar-refractivity contribution in [3.8, 4) is 0 Å². The molecule has 96 valence electrons. The summed E-state index contributed by atoms with van der Waals surface area (Å²) in [5.74, 6) is -3.11. The molecule has 3 aromatic rings. The second-order valence-corrected chi connectivity index (χ2v) is 3.94. The summed E-state index contributed by atoms with van der Waals surface area (Å²) in [6.45, 7) is -2.86. The van der Waals surface area contributed by atoms with E-state index in [1.807, 2.05) is 0 Å². The van der Waals surface area contributed by atoms with E-state index in [1.54, 1.807) is 0 Å². The Morgan fingerprint density at radius 1 is 1.37 bits per heavy atom. The molecule has 0 spiro atoms. The molecular formula is C13H8ClF2N3. The molecule has 0 aliphatic heterocycles.